The Labute approximate surface area is 122 Å². The maximum Gasteiger partial charge on any atom is 0.332 e. The van der Waals surface area contributed by atoms with Crippen molar-refractivity contribution >= 4 is 11.7 Å². The van der Waals surface area contributed by atoms with E-state index >= 15 is 0 Å². The normalized spacial score (nSPS) is 28.0. The Morgan fingerprint density at radius 2 is 2.38 bits per heavy atom. The fraction of sp³-hybridized carbons (Fsp3) is 0.846. The van der Waals surface area contributed by atoms with Gasteiger partial charge in [0, 0.05) is 17.8 Å². The predicted molar refractivity (Wildman–Crippen MR) is 72.6 cm³/mol. The Hall–Kier alpha value is -1.70. The molecule has 1 fully saturated rings. The van der Waals surface area contributed by atoms with Crippen LogP contribution < -0.4 is 0 Å². The van der Waals surface area contributed by atoms with E-state index in [2.05, 4.69) is 5.16 Å². The molecule has 0 bridgehead atoms. The summed E-state index contributed by atoms with van der Waals surface area (Å²) in [6, 6.07) is -0.724. The van der Waals surface area contributed by atoms with E-state index in [4.69, 9.17) is 14.3 Å². The minimum absolute atomic E-state index is 0.130. The Kier molecular flexibility index (Phi) is 5.11. The third-order valence-electron chi connectivity index (χ3n) is 3.84. The SMILES string of the molecule is CCOC(=O)COCC1=NOC2(CCCCC2[N+](=O)[O-])C1. The summed E-state index contributed by atoms with van der Waals surface area (Å²) in [4.78, 5) is 27.5. The Morgan fingerprint density at radius 1 is 1.57 bits per heavy atom. The average molecular weight is 300 g/mol. The molecule has 1 aliphatic carbocycles. The van der Waals surface area contributed by atoms with Crippen molar-refractivity contribution in [1.82, 2.24) is 0 Å². The van der Waals surface area contributed by atoms with Crippen LogP contribution in [-0.4, -0.2) is 48.1 Å². The van der Waals surface area contributed by atoms with Crippen molar-refractivity contribution in [2.75, 3.05) is 19.8 Å². The monoisotopic (exact) mass is 300 g/mol. The molecule has 2 aliphatic rings. The van der Waals surface area contributed by atoms with E-state index in [0.29, 0.717) is 31.6 Å². The van der Waals surface area contributed by atoms with Gasteiger partial charge in [-0.05, 0) is 26.2 Å². The lowest BCUT2D eigenvalue weighted by atomic mass is 9.78. The number of nitrogens with zero attached hydrogens (tertiary/aromatic N) is 2. The van der Waals surface area contributed by atoms with Crippen molar-refractivity contribution in [1.29, 1.82) is 0 Å². The molecule has 118 valence electrons. The van der Waals surface area contributed by atoms with Gasteiger partial charge in [0.05, 0.1) is 18.9 Å². The third-order valence-corrected chi connectivity index (χ3v) is 3.84. The molecule has 8 heteroatoms. The van der Waals surface area contributed by atoms with E-state index in [1.54, 1.807) is 6.92 Å². The molecule has 0 N–H and O–H groups in total. The summed E-state index contributed by atoms with van der Waals surface area (Å²) in [5.41, 5.74) is -0.224. The van der Waals surface area contributed by atoms with Crippen LogP contribution in [-0.2, 0) is 19.1 Å². The number of hydrogen-bond acceptors (Lipinski definition) is 7. The van der Waals surface area contributed by atoms with Crippen LogP contribution in [0.5, 0.6) is 0 Å². The second-order valence-electron chi connectivity index (χ2n) is 5.34. The molecule has 2 rings (SSSR count). The van der Waals surface area contributed by atoms with Crippen LogP contribution in [0.4, 0.5) is 0 Å². The van der Waals surface area contributed by atoms with E-state index in [-0.39, 0.29) is 18.1 Å². The first-order chi connectivity index (χ1) is 10.1. The highest BCUT2D eigenvalue weighted by Crippen LogP contribution is 2.40. The number of carbonyl (C=O) groups excluding carboxylic acids is 1. The minimum atomic E-state index is -0.829. The number of carbonyl (C=O) groups is 1. The molecule has 1 spiro atoms. The number of rotatable bonds is 6. The summed E-state index contributed by atoms with van der Waals surface area (Å²) < 4.78 is 9.95. The lowest BCUT2D eigenvalue weighted by molar-refractivity contribution is -0.550. The van der Waals surface area contributed by atoms with Crippen LogP contribution in [0.15, 0.2) is 5.16 Å². The fourth-order valence-electron chi connectivity index (χ4n) is 2.90. The van der Waals surface area contributed by atoms with Crippen LogP contribution in [0.1, 0.15) is 39.0 Å². The second-order valence-corrected chi connectivity index (χ2v) is 5.34. The smallest absolute Gasteiger partial charge is 0.332 e. The maximum absolute atomic E-state index is 11.2. The topological polar surface area (TPSA) is 100 Å². The summed E-state index contributed by atoms with van der Waals surface area (Å²) in [6.07, 6.45) is 3.27. The van der Waals surface area contributed by atoms with Gasteiger partial charge in [-0.3, -0.25) is 10.1 Å². The van der Waals surface area contributed by atoms with Crippen LogP contribution in [0.3, 0.4) is 0 Å². The first-order valence-electron chi connectivity index (χ1n) is 7.18. The summed E-state index contributed by atoms with van der Waals surface area (Å²) >= 11 is 0. The van der Waals surface area contributed by atoms with Crippen molar-refractivity contribution in [2.45, 2.75) is 50.7 Å². The molecule has 1 heterocycles. The van der Waals surface area contributed by atoms with Gasteiger partial charge < -0.3 is 14.3 Å². The van der Waals surface area contributed by atoms with E-state index in [1.165, 1.54) is 0 Å². The highest BCUT2D eigenvalue weighted by atomic mass is 16.7. The predicted octanol–water partition coefficient (Wildman–Crippen LogP) is 1.30. The molecule has 2 atom stereocenters. The number of esters is 1. The first-order valence-corrected chi connectivity index (χ1v) is 7.18. The second kappa shape index (κ2) is 6.84. The molecule has 0 amide bonds. The molecule has 2 unspecified atom stereocenters. The number of oxime groups is 1. The van der Waals surface area contributed by atoms with Gasteiger partial charge in [-0.25, -0.2) is 4.79 Å². The molecular formula is C13H20N2O6. The zero-order chi connectivity index (χ0) is 15.3. The number of ether oxygens (including phenoxy) is 2. The summed E-state index contributed by atoms with van der Waals surface area (Å²) in [5.74, 6) is -0.437. The van der Waals surface area contributed by atoms with E-state index in [1.807, 2.05) is 0 Å². The third kappa shape index (κ3) is 3.69. The van der Waals surface area contributed by atoms with Crippen molar-refractivity contribution in [2.24, 2.45) is 5.16 Å². The van der Waals surface area contributed by atoms with Gasteiger partial charge in [-0.1, -0.05) is 5.16 Å². The summed E-state index contributed by atoms with van der Waals surface area (Å²) in [7, 11) is 0. The summed E-state index contributed by atoms with van der Waals surface area (Å²) in [6.45, 7) is 2.00. The van der Waals surface area contributed by atoms with Gasteiger partial charge in [0.1, 0.15) is 6.61 Å². The van der Waals surface area contributed by atoms with Gasteiger partial charge >= 0.3 is 5.97 Å². The Bertz CT molecular complexity index is 438. The lowest BCUT2D eigenvalue weighted by Gasteiger charge is -2.32. The van der Waals surface area contributed by atoms with Crippen LogP contribution in [0.25, 0.3) is 0 Å². The maximum atomic E-state index is 11.2. The highest BCUT2D eigenvalue weighted by Gasteiger charge is 2.54. The molecule has 8 nitrogen and oxygen atoms in total. The molecule has 1 saturated carbocycles. The average Bonchev–Trinajstić information content (AvgIpc) is 2.83. The van der Waals surface area contributed by atoms with Crippen LogP contribution in [0.2, 0.25) is 0 Å². The molecule has 0 aromatic heterocycles. The molecule has 0 aromatic rings. The van der Waals surface area contributed by atoms with Crippen molar-refractivity contribution in [3.63, 3.8) is 0 Å². The zero-order valence-electron chi connectivity index (χ0n) is 12.1. The Morgan fingerprint density at radius 3 is 3.10 bits per heavy atom. The summed E-state index contributed by atoms with van der Waals surface area (Å²) in [5, 5.41) is 15.1. The largest absolute Gasteiger partial charge is 0.464 e. The van der Waals surface area contributed by atoms with Gasteiger partial charge in [-0.15, -0.1) is 0 Å². The molecule has 0 radical (unpaired) electrons. The van der Waals surface area contributed by atoms with Crippen molar-refractivity contribution in [3.8, 4) is 0 Å². The standard InChI is InChI=1S/C13H20N2O6/c1-2-20-12(16)9-19-8-10-7-13(21-14-10)6-4-3-5-11(13)15(17)18/h11H,2-9H2,1H3. The number of hydrogen-bond donors (Lipinski definition) is 0. The fourth-order valence-corrected chi connectivity index (χ4v) is 2.90. The van der Waals surface area contributed by atoms with Gasteiger partial charge in [0.25, 0.3) is 6.04 Å². The quantitative estimate of drug-likeness (QED) is 0.416. The highest BCUT2D eigenvalue weighted by molar-refractivity contribution is 5.87. The zero-order valence-corrected chi connectivity index (χ0v) is 12.1. The molecule has 1 aliphatic heterocycles. The van der Waals surface area contributed by atoms with Crippen molar-refractivity contribution in [3.05, 3.63) is 10.1 Å². The molecule has 0 aromatic carbocycles. The van der Waals surface area contributed by atoms with Gasteiger partial charge in [-0.2, -0.15) is 0 Å². The number of nitro groups is 1. The molecule has 21 heavy (non-hydrogen) atoms. The first kappa shape index (κ1) is 15.7. The van der Waals surface area contributed by atoms with Gasteiger partial charge in [0.15, 0.2) is 0 Å². The van der Waals surface area contributed by atoms with Crippen LogP contribution in [0, 0.1) is 10.1 Å². The van der Waals surface area contributed by atoms with Gasteiger partial charge in [0.2, 0.25) is 5.60 Å². The van der Waals surface area contributed by atoms with E-state index in [0.717, 1.165) is 12.8 Å². The minimum Gasteiger partial charge on any atom is -0.464 e. The van der Waals surface area contributed by atoms with Crippen LogP contribution >= 0.6 is 0 Å². The van der Waals surface area contributed by atoms with E-state index < -0.39 is 17.6 Å². The lowest BCUT2D eigenvalue weighted by Crippen LogP contribution is -2.49. The molecular weight excluding hydrogens is 280 g/mol. The van der Waals surface area contributed by atoms with E-state index in [9.17, 15) is 14.9 Å². The molecule has 0 saturated heterocycles. The van der Waals surface area contributed by atoms with Crippen molar-refractivity contribution < 1.29 is 24.0 Å². The Balaban J connectivity index is 1.83.